The molecule has 4 fully saturated rings. The first-order valence-corrected chi connectivity index (χ1v) is 19.5. The predicted molar refractivity (Wildman–Crippen MR) is 208 cm³/mol. The molecule has 0 saturated carbocycles. The van der Waals surface area contributed by atoms with Crippen molar-refractivity contribution in [2.75, 3.05) is 51.3 Å². The van der Waals surface area contributed by atoms with Crippen molar-refractivity contribution in [3.63, 3.8) is 0 Å². The number of benzene rings is 2. The van der Waals surface area contributed by atoms with E-state index in [4.69, 9.17) is 26.1 Å². The number of hydrogen-bond donors (Lipinski definition) is 0. The first kappa shape index (κ1) is 38.2. The van der Waals surface area contributed by atoms with Gasteiger partial charge in [-0.05, 0) is 64.5 Å². The fraction of sp³-hybridized carbons (Fsp3) is 0.488. The highest BCUT2D eigenvalue weighted by Gasteiger charge is 2.49. The number of likely N-dealkylation sites (tertiary alicyclic amines) is 2. The molecule has 4 aliphatic heterocycles. The molecule has 0 bridgehead atoms. The van der Waals surface area contributed by atoms with Crippen LogP contribution in [0.2, 0.25) is 5.02 Å². The van der Waals surface area contributed by atoms with Crippen molar-refractivity contribution >= 4 is 51.1 Å². The second-order valence-electron chi connectivity index (χ2n) is 16.4. The third kappa shape index (κ3) is 7.10. The summed E-state index contributed by atoms with van der Waals surface area (Å²) in [7, 11) is 1.83. The van der Waals surface area contributed by atoms with Gasteiger partial charge in [-0.1, -0.05) is 41.9 Å². The van der Waals surface area contributed by atoms with Gasteiger partial charge in [-0.2, -0.15) is 9.97 Å². The summed E-state index contributed by atoms with van der Waals surface area (Å²) in [5.41, 5.74) is -0.912. The summed E-state index contributed by atoms with van der Waals surface area (Å²) in [6.45, 7) is 8.12. The van der Waals surface area contributed by atoms with Gasteiger partial charge in [0.15, 0.2) is 5.82 Å². The van der Waals surface area contributed by atoms with Crippen LogP contribution in [0.15, 0.2) is 48.7 Å². The van der Waals surface area contributed by atoms with Crippen LogP contribution in [0.25, 0.3) is 32.9 Å². The molecule has 1 unspecified atom stereocenters. The van der Waals surface area contributed by atoms with E-state index in [0.29, 0.717) is 66.6 Å². The Hall–Kier alpha value is -4.69. The number of ether oxygens (including phenoxy) is 2. The Bertz CT molecular complexity index is 2240. The fourth-order valence-electron chi connectivity index (χ4n) is 8.58. The summed E-state index contributed by atoms with van der Waals surface area (Å²) in [6, 6.07) is 7.48. The minimum Gasteiger partial charge on any atom is -0.461 e. The fourth-order valence-corrected chi connectivity index (χ4v) is 8.86. The third-order valence-corrected chi connectivity index (χ3v) is 11.9. The molecule has 0 aliphatic carbocycles. The number of pyridine rings is 1. The number of fused-ring (bicyclic) bond motifs is 3. The van der Waals surface area contributed by atoms with Crippen molar-refractivity contribution in [3.8, 4) is 17.3 Å². The van der Waals surface area contributed by atoms with Crippen LogP contribution < -0.4 is 9.64 Å². The van der Waals surface area contributed by atoms with Crippen molar-refractivity contribution in [1.29, 1.82) is 0 Å². The van der Waals surface area contributed by atoms with E-state index >= 15 is 4.39 Å². The van der Waals surface area contributed by atoms with E-state index in [-0.39, 0.29) is 46.8 Å². The lowest BCUT2D eigenvalue weighted by atomic mass is 9.95. The van der Waals surface area contributed by atoms with Crippen molar-refractivity contribution in [3.05, 3.63) is 65.3 Å². The maximum atomic E-state index is 16.9. The van der Waals surface area contributed by atoms with Crippen molar-refractivity contribution < 1.29 is 32.2 Å². The molecule has 4 saturated heterocycles. The minimum absolute atomic E-state index is 0.0501. The number of nitrogens with zero attached hydrogens (tertiary/aromatic N) is 7. The first-order chi connectivity index (χ1) is 26.7. The number of rotatable bonds is 8. The Balaban J connectivity index is 1.08. The average Bonchev–Trinajstić information content (AvgIpc) is 3.86. The molecule has 0 radical (unpaired) electrons. The Morgan fingerprint density at radius 2 is 1.91 bits per heavy atom. The topological polar surface area (TPSA) is 104 Å². The molecule has 11 nitrogen and oxygen atoms in total. The van der Waals surface area contributed by atoms with Crippen LogP contribution in [0.3, 0.4) is 0 Å². The summed E-state index contributed by atoms with van der Waals surface area (Å²) < 4.78 is 58.0. The van der Waals surface area contributed by atoms with Crippen molar-refractivity contribution in [2.45, 2.75) is 82.3 Å². The summed E-state index contributed by atoms with van der Waals surface area (Å²) >= 11 is 6.43. The lowest BCUT2D eigenvalue weighted by molar-refractivity contribution is -0.125. The largest absolute Gasteiger partial charge is 0.461 e. The first-order valence-electron chi connectivity index (χ1n) is 19.2. The van der Waals surface area contributed by atoms with Crippen LogP contribution >= 0.6 is 11.6 Å². The average molecular weight is 792 g/mol. The summed E-state index contributed by atoms with van der Waals surface area (Å²) in [5.74, 6) is -1.22. The Kier molecular flexibility index (Phi) is 10.0. The monoisotopic (exact) mass is 791 g/mol. The number of carbonyl (C=O) groups excluding carboxylic acids is 2. The van der Waals surface area contributed by atoms with Crippen molar-refractivity contribution in [1.82, 2.24) is 29.7 Å². The third-order valence-electron chi connectivity index (χ3n) is 11.6. The molecule has 56 heavy (non-hydrogen) atoms. The van der Waals surface area contributed by atoms with E-state index in [1.54, 1.807) is 40.1 Å². The number of alkyl halides is 1. The van der Waals surface area contributed by atoms with Gasteiger partial charge in [0.1, 0.15) is 41.2 Å². The lowest BCUT2D eigenvalue weighted by Gasteiger charge is -2.39. The van der Waals surface area contributed by atoms with E-state index in [9.17, 15) is 18.4 Å². The van der Waals surface area contributed by atoms with Crippen LogP contribution in [0.4, 0.5) is 23.8 Å². The second-order valence-corrected chi connectivity index (χ2v) is 16.7. The van der Waals surface area contributed by atoms with Crippen LogP contribution in [0, 0.1) is 11.6 Å². The smallest absolute Gasteiger partial charge is 0.410 e. The molecule has 296 valence electrons. The molecule has 2 aromatic heterocycles. The van der Waals surface area contributed by atoms with Gasteiger partial charge in [0.25, 0.3) is 0 Å². The number of anilines is 1. The normalized spacial score (nSPS) is 24.0. The van der Waals surface area contributed by atoms with E-state index in [1.807, 2.05) is 32.7 Å². The van der Waals surface area contributed by atoms with Gasteiger partial charge in [0.05, 0.1) is 22.0 Å². The standard InChI is InChI=1S/C41H45ClF3N7O4/c1-40(2,3)56-39(54)52-18-14-26(52)10-12-31(53)50-17-13-27(22-50)49(4)37-29-20-46-35(28-8-5-7-24-9-11-30(44)33(42)32(24)28)34(45)36(29)47-38(48-37)55-23-41-15-6-16-51(41)21-25(43)19-41/h5,7-12,20,25-27H,6,13-19,21-23H2,1-4H3/b12-10+/t25-,26?,27-,41+/m1/s1. The Morgan fingerprint density at radius 1 is 1.09 bits per heavy atom. The molecular weight excluding hydrogens is 747 g/mol. The second kappa shape index (κ2) is 14.7. The van der Waals surface area contributed by atoms with Crippen LogP contribution in [-0.2, 0) is 9.53 Å². The number of likely N-dealkylation sites (N-methyl/N-ethyl adjacent to an activating group) is 1. The molecule has 4 atom stereocenters. The molecule has 15 heteroatoms. The predicted octanol–water partition coefficient (Wildman–Crippen LogP) is 7.33. The molecule has 4 aliphatic rings. The molecular formula is C41H45ClF3N7O4. The van der Waals surface area contributed by atoms with Gasteiger partial charge in [-0.25, -0.2) is 18.0 Å². The van der Waals surface area contributed by atoms with Crippen LogP contribution in [0.5, 0.6) is 6.01 Å². The van der Waals surface area contributed by atoms with Crippen molar-refractivity contribution in [2.24, 2.45) is 0 Å². The zero-order chi connectivity index (χ0) is 39.5. The van der Waals surface area contributed by atoms with Crippen LogP contribution in [-0.4, -0.2) is 117 Å². The number of carbonyl (C=O) groups is 2. The van der Waals surface area contributed by atoms with E-state index in [0.717, 1.165) is 25.8 Å². The molecule has 6 heterocycles. The van der Waals surface area contributed by atoms with Crippen LogP contribution in [0.1, 0.15) is 52.9 Å². The highest BCUT2D eigenvalue weighted by Crippen LogP contribution is 2.42. The zero-order valence-corrected chi connectivity index (χ0v) is 32.7. The molecule has 0 spiro atoms. The minimum atomic E-state index is -0.956. The molecule has 4 aromatic rings. The maximum absolute atomic E-state index is 16.9. The maximum Gasteiger partial charge on any atom is 0.410 e. The highest BCUT2D eigenvalue weighted by molar-refractivity contribution is 6.36. The molecule has 2 aromatic carbocycles. The highest BCUT2D eigenvalue weighted by atomic mass is 35.5. The van der Waals surface area contributed by atoms with Gasteiger partial charge in [-0.3, -0.25) is 14.7 Å². The van der Waals surface area contributed by atoms with Gasteiger partial charge in [-0.15, -0.1) is 0 Å². The SMILES string of the molecule is CN(c1nc(OC[C@@]23CCCN2C[C@H](F)C3)nc2c(F)c(-c3cccc4ccc(F)c(Cl)c34)ncc12)[C@@H]1CCN(C(=O)/C=C/C2CCN2C(=O)OC(C)(C)C)C1. The lowest BCUT2D eigenvalue weighted by Crippen LogP contribution is -2.51. The van der Waals surface area contributed by atoms with Gasteiger partial charge < -0.3 is 24.2 Å². The summed E-state index contributed by atoms with van der Waals surface area (Å²) in [6.07, 6.45) is 6.78. The number of amides is 2. The number of hydrogen-bond acceptors (Lipinski definition) is 9. The number of aromatic nitrogens is 3. The van der Waals surface area contributed by atoms with Gasteiger partial charge >= 0.3 is 12.1 Å². The van der Waals surface area contributed by atoms with Gasteiger partial charge in [0.2, 0.25) is 5.91 Å². The summed E-state index contributed by atoms with van der Waals surface area (Å²) in [4.78, 5) is 47.2. The molecule has 2 amide bonds. The molecule has 8 rings (SSSR count). The quantitative estimate of drug-likeness (QED) is 0.170. The number of halogens is 4. The molecule has 0 N–H and O–H groups in total. The van der Waals surface area contributed by atoms with Gasteiger partial charge in [0, 0.05) is 68.9 Å². The Labute approximate surface area is 328 Å². The van der Waals surface area contributed by atoms with E-state index in [2.05, 4.69) is 14.9 Å². The Morgan fingerprint density at radius 3 is 2.68 bits per heavy atom. The summed E-state index contributed by atoms with van der Waals surface area (Å²) in [5, 5.41) is 1.12. The van der Waals surface area contributed by atoms with E-state index < -0.39 is 35.0 Å². The van der Waals surface area contributed by atoms with E-state index in [1.165, 1.54) is 18.3 Å². The zero-order valence-electron chi connectivity index (χ0n) is 31.9.